The fourth-order valence-electron chi connectivity index (χ4n) is 0. The van der Waals surface area contributed by atoms with Gasteiger partial charge >= 0.3 is 29.6 Å². The van der Waals surface area contributed by atoms with Gasteiger partial charge in [-0.05, 0) is 6.92 Å². The molecule has 0 aromatic rings. The van der Waals surface area contributed by atoms with Crippen molar-refractivity contribution in [3.8, 4) is 0 Å². The maximum atomic E-state index is 9.34. The fraction of sp³-hybridized carbons (Fsp3) is 0.667. The summed E-state index contributed by atoms with van der Waals surface area (Å²) in [6, 6.07) is 0. The van der Waals surface area contributed by atoms with E-state index >= 15 is 0 Å². The van der Waals surface area contributed by atoms with Crippen molar-refractivity contribution in [1.29, 1.82) is 0 Å². The van der Waals surface area contributed by atoms with Crippen LogP contribution in [0.1, 0.15) is 6.92 Å². The molecule has 0 unspecified atom stereocenters. The molecule has 1 atom stereocenters. The average molecular weight is 113 g/mol. The molecule has 0 aromatic carbocycles. The predicted octanol–water partition coefficient (Wildman–Crippen LogP) is -4.88. The summed E-state index contributed by atoms with van der Waals surface area (Å²) in [4.78, 5) is 9.34. The van der Waals surface area contributed by atoms with Gasteiger partial charge in [0, 0.05) is 0 Å². The van der Waals surface area contributed by atoms with Gasteiger partial charge in [-0.15, -0.1) is 0 Å². The van der Waals surface area contributed by atoms with E-state index in [1.54, 1.807) is 0 Å². The summed E-state index contributed by atoms with van der Waals surface area (Å²) < 4.78 is 0. The largest absolute Gasteiger partial charge is 1.00 e. The van der Waals surface area contributed by atoms with Crippen LogP contribution in [0.4, 0.5) is 0 Å². The molecule has 0 aliphatic heterocycles. The van der Waals surface area contributed by atoms with E-state index in [-0.39, 0.29) is 29.6 Å². The van der Waals surface area contributed by atoms with Crippen LogP contribution in [0, 0.1) is 0 Å². The number of hydrogen-bond donors (Lipinski definition) is 1. The van der Waals surface area contributed by atoms with Crippen LogP contribution in [-0.4, -0.2) is 17.2 Å². The Morgan fingerprint density at radius 1 is 1.86 bits per heavy atom. The molecule has 0 radical (unpaired) electrons. The van der Waals surface area contributed by atoms with Gasteiger partial charge in [-0.3, -0.25) is 0 Å². The van der Waals surface area contributed by atoms with Crippen LogP contribution < -0.4 is 34.7 Å². The molecule has 0 saturated carbocycles. The second-order valence-electron chi connectivity index (χ2n) is 0.995. The van der Waals surface area contributed by atoms with Gasteiger partial charge in [0.1, 0.15) is 0 Å². The minimum absolute atomic E-state index is 0. The van der Waals surface area contributed by atoms with Crippen LogP contribution in [0.3, 0.4) is 0 Å². The van der Waals surface area contributed by atoms with Gasteiger partial charge in [0.05, 0.1) is 12.1 Å². The quantitative estimate of drug-likeness (QED) is 0.274. The molecule has 0 aliphatic rings. The first-order valence-corrected chi connectivity index (χ1v) is 1.53. The van der Waals surface area contributed by atoms with E-state index in [0.717, 1.165) is 6.92 Å². The van der Waals surface area contributed by atoms with Crippen LogP contribution in [0.15, 0.2) is 0 Å². The molecule has 0 rings (SSSR count). The summed E-state index contributed by atoms with van der Waals surface area (Å²) in [7, 11) is 0. The molecule has 36 valence electrons. The summed E-state index contributed by atoms with van der Waals surface area (Å²) in [6.07, 6.45) is -1.34. The van der Waals surface area contributed by atoms with Crippen molar-refractivity contribution in [1.82, 2.24) is 0 Å². The first kappa shape index (κ1) is 10.4. The Balaban J connectivity index is 0. The van der Waals surface area contributed by atoms with Crippen LogP contribution in [0.25, 0.3) is 0 Å². The average Bonchev–Trinajstić information content (AvgIpc) is 1.36. The molecular weight excluding hydrogens is 108 g/mol. The number of aliphatic hydroxyl groups is 1. The van der Waals surface area contributed by atoms with E-state index in [9.17, 15) is 9.90 Å². The molecule has 0 amide bonds. The number of carbonyl (C=O) groups is 1. The van der Waals surface area contributed by atoms with E-state index in [4.69, 9.17) is 5.11 Å². The monoisotopic (exact) mass is 113 g/mol. The van der Waals surface area contributed by atoms with E-state index < -0.39 is 12.1 Å². The molecule has 3 nitrogen and oxygen atoms in total. The predicted molar refractivity (Wildman–Crippen MR) is 16.7 cm³/mol. The second-order valence-corrected chi connectivity index (χ2v) is 0.995. The molecule has 0 heterocycles. The molecule has 1 N–H and O–H groups in total. The molecule has 0 aliphatic carbocycles. The summed E-state index contributed by atoms with van der Waals surface area (Å²) in [6.45, 7) is 1.13. The van der Waals surface area contributed by atoms with Crippen molar-refractivity contribution in [2.75, 3.05) is 0 Å². The molecule has 0 saturated heterocycles. The minimum atomic E-state index is -1.44. The molecule has 0 bridgehead atoms. The maximum absolute atomic E-state index is 9.34. The summed E-state index contributed by atoms with van der Waals surface area (Å²) in [5.74, 6) is -1.44. The van der Waals surface area contributed by atoms with Gasteiger partial charge in [-0.1, -0.05) is 0 Å². The smallest absolute Gasteiger partial charge is 0.547 e. The van der Waals surface area contributed by atoms with E-state index in [1.165, 1.54) is 0 Å². The summed E-state index contributed by atoms with van der Waals surface area (Å²) in [5, 5.41) is 17.3. The van der Waals surface area contributed by atoms with Crippen molar-refractivity contribution in [3.63, 3.8) is 0 Å². The molecular formula is C3H5NaO3. The Bertz CT molecular complexity index is 61.2. The van der Waals surface area contributed by atoms with Crippen LogP contribution in [0.2, 0.25) is 0 Å². The normalized spacial score (nSPS) is 11.7. The Hall–Kier alpha value is 0.430. The van der Waals surface area contributed by atoms with Crippen LogP contribution >= 0.6 is 0 Å². The summed E-state index contributed by atoms with van der Waals surface area (Å²) >= 11 is 0. The zero-order valence-electron chi connectivity index (χ0n) is 4.34. The Labute approximate surface area is 63.6 Å². The number of carboxylic acids is 1. The van der Waals surface area contributed by atoms with Crippen molar-refractivity contribution < 1.29 is 44.6 Å². The molecule has 0 fully saturated rings. The first-order chi connectivity index (χ1) is 2.64. The van der Waals surface area contributed by atoms with Gasteiger partial charge in [0.2, 0.25) is 0 Å². The number of aliphatic hydroxyl groups excluding tert-OH is 1. The Morgan fingerprint density at radius 2 is 2.00 bits per heavy atom. The van der Waals surface area contributed by atoms with Gasteiger partial charge < -0.3 is 15.0 Å². The molecule has 0 spiro atoms. The third-order valence-corrected chi connectivity index (χ3v) is 0.341. The first-order valence-electron chi connectivity index (χ1n) is 1.53. The zero-order valence-corrected chi connectivity index (χ0v) is 6.34. The van der Waals surface area contributed by atoms with Crippen molar-refractivity contribution in [2.45, 2.75) is 13.0 Å². The Kier molecular flexibility index (Phi) is 6.82. The molecule has 0 aromatic heterocycles. The Morgan fingerprint density at radius 3 is 2.00 bits per heavy atom. The topological polar surface area (TPSA) is 60.4 Å². The molecule has 4 heteroatoms. The summed E-state index contributed by atoms with van der Waals surface area (Å²) in [5.41, 5.74) is 0. The van der Waals surface area contributed by atoms with Crippen molar-refractivity contribution >= 4 is 5.97 Å². The number of carboxylic acid groups (broad SMARTS) is 1. The number of hydrogen-bond acceptors (Lipinski definition) is 3. The number of rotatable bonds is 1. The third-order valence-electron chi connectivity index (χ3n) is 0.341. The standard InChI is InChI=1S/C3H6O3.Na/c1-2(4)3(5)6;/h2,4H,1H3,(H,5,6);/q;+1/p-1/t2-;/m0./s1/i3+1;. The van der Waals surface area contributed by atoms with E-state index in [0.29, 0.717) is 0 Å². The van der Waals surface area contributed by atoms with Gasteiger partial charge in [0.25, 0.3) is 0 Å². The fourth-order valence-corrected chi connectivity index (χ4v) is 0. The number of aliphatic carboxylic acids is 1. The van der Waals surface area contributed by atoms with Crippen molar-refractivity contribution in [2.24, 2.45) is 0 Å². The van der Waals surface area contributed by atoms with Crippen LogP contribution in [0.5, 0.6) is 0 Å². The van der Waals surface area contributed by atoms with Crippen LogP contribution in [-0.2, 0) is 4.79 Å². The van der Waals surface area contributed by atoms with Crippen molar-refractivity contribution in [3.05, 3.63) is 0 Å². The molecule has 7 heavy (non-hydrogen) atoms. The second kappa shape index (κ2) is 4.59. The third kappa shape index (κ3) is 6.43. The van der Waals surface area contributed by atoms with E-state index in [1.807, 2.05) is 0 Å². The van der Waals surface area contributed by atoms with Gasteiger partial charge in [0.15, 0.2) is 0 Å². The maximum Gasteiger partial charge on any atom is 1.00 e. The SMILES string of the molecule is C[C@H](O)[13C](=O)[O-].[Na+]. The number of carbonyl (C=O) groups excluding carboxylic acids is 1. The van der Waals surface area contributed by atoms with E-state index in [2.05, 4.69) is 0 Å². The minimum Gasteiger partial charge on any atom is -0.547 e. The zero-order chi connectivity index (χ0) is 5.15. The van der Waals surface area contributed by atoms with Gasteiger partial charge in [-0.25, -0.2) is 0 Å². The van der Waals surface area contributed by atoms with Gasteiger partial charge in [-0.2, -0.15) is 0 Å².